The molecule has 0 saturated carbocycles. The van der Waals surface area contributed by atoms with Gasteiger partial charge >= 0.3 is 0 Å². The molecule has 8 nitrogen and oxygen atoms in total. The van der Waals surface area contributed by atoms with Crippen LogP contribution in [0.25, 0.3) is 11.4 Å². The highest BCUT2D eigenvalue weighted by atomic mass is 16.2. The highest BCUT2D eigenvalue weighted by molar-refractivity contribution is 5.81. The first-order valence-corrected chi connectivity index (χ1v) is 8.15. The molecule has 0 fully saturated rings. The van der Waals surface area contributed by atoms with Gasteiger partial charge in [0.1, 0.15) is 6.54 Å². The summed E-state index contributed by atoms with van der Waals surface area (Å²) in [7, 11) is 0. The number of rotatable bonds is 6. The van der Waals surface area contributed by atoms with E-state index in [1.54, 1.807) is 0 Å². The maximum atomic E-state index is 11.9. The number of aromatic nitrogens is 4. The predicted octanol–water partition coefficient (Wildman–Crippen LogP) is 1.12. The Labute approximate surface area is 150 Å². The number of benzene rings is 2. The van der Waals surface area contributed by atoms with Gasteiger partial charge in [-0.15, -0.1) is 10.2 Å². The van der Waals surface area contributed by atoms with Gasteiger partial charge in [0.05, 0.1) is 0 Å². The van der Waals surface area contributed by atoms with E-state index in [0.29, 0.717) is 12.2 Å². The number of nitrogens with one attached hydrogen (secondary N) is 2. The number of carbonyl (C=O) groups excluding carboxylic acids is 2. The van der Waals surface area contributed by atoms with Gasteiger partial charge < -0.3 is 0 Å². The van der Waals surface area contributed by atoms with Crippen molar-refractivity contribution in [1.29, 1.82) is 0 Å². The van der Waals surface area contributed by atoms with Gasteiger partial charge in [0.15, 0.2) is 0 Å². The van der Waals surface area contributed by atoms with Crippen molar-refractivity contribution in [1.82, 2.24) is 31.1 Å². The fourth-order valence-corrected chi connectivity index (χ4v) is 2.29. The molecule has 26 heavy (non-hydrogen) atoms. The Morgan fingerprint density at radius 2 is 1.54 bits per heavy atom. The smallest absolute Gasteiger partial charge is 0.262 e. The molecule has 1 heterocycles. The first kappa shape index (κ1) is 17.3. The predicted molar refractivity (Wildman–Crippen MR) is 94.3 cm³/mol. The van der Waals surface area contributed by atoms with Crippen LogP contribution < -0.4 is 10.9 Å². The molecule has 0 unspecified atom stereocenters. The van der Waals surface area contributed by atoms with E-state index in [1.807, 2.05) is 60.7 Å². The Kier molecular flexibility index (Phi) is 5.66. The van der Waals surface area contributed by atoms with Gasteiger partial charge in [0.2, 0.25) is 11.7 Å². The van der Waals surface area contributed by atoms with E-state index in [-0.39, 0.29) is 18.9 Å². The van der Waals surface area contributed by atoms with Gasteiger partial charge in [-0.3, -0.25) is 20.4 Å². The number of hydrazine groups is 1. The summed E-state index contributed by atoms with van der Waals surface area (Å²) in [6.07, 6.45) is 0.887. The lowest BCUT2D eigenvalue weighted by Crippen LogP contribution is -2.43. The van der Waals surface area contributed by atoms with Crippen molar-refractivity contribution in [2.24, 2.45) is 0 Å². The average molecular weight is 350 g/mol. The Balaban J connectivity index is 1.43. The molecule has 2 N–H and O–H groups in total. The molecule has 0 aliphatic carbocycles. The quantitative estimate of drug-likeness (QED) is 0.649. The summed E-state index contributed by atoms with van der Waals surface area (Å²) >= 11 is 0. The fraction of sp³-hybridized carbons (Fsp3) is 0.167. The van der Waals surface area contributed by atoms with Crippen LogP contribution in [0.5, 0.6) is 0 Å². The minimum atomic E-state index is -0.435. The molecule has 132 valence electrons. The maximum Gasteiger partial charge on any atom is 0.262 e. The number of aryl methyl sites for hydroxylation is 1. The van der Waals surface area contributed by atoms with Crippen LogP contribution in [0.1, 0.15) is 12.0 Å². The average Bonchev–Trinajstić information content (AvgIpc) is 3.15. The summed E-state index contributed by atoms with van der Waals surface area (Å²) in [4.78, 5) is 24.8. The first-order valence-electron chi connectivity index (χ1n) is 8.15. The molecule has 0 bridgehead atoms. The molecule has 1 aromatic heterocycles. The van der Waals surface area contributed by atoms with Crippen LogP contribution in [0.15, 0.2) is 60.7 Å². The summed E-state index contributed by atoms with van der Waals surface area (Å²) in [5, 5.41) is 11.9. The SMILES string of the molecule is O=C(CCc1ccccc1)NNC(=O)Cn1nnc(-c2ccccc2)n1. The topological polar surface area (TPSA) is 102 Å². The zero-order valence-electron chi connectivity index (χ0n) is 14.0. The maximum absolute atomic E-state index is 11.9. The number of nitrogens with zero attached hydrogens (tertiary/aromatic N) is 4. The lowest BCUT2D eigenvalue weighted by Gasteiger charge is -2.06. The molecular weight excluding hydrogens is 332 g/mol. The van der Waals surface area contributed by atoms with Crippen LogP contribution in [0.4, 0.5) is 0 Å². The van der Waals surface area contributed by atoms with E-state index in [2.05, 4.69) is 26.3 Å². The van der Waals surface area contributed by atoms with Gasteiger partial charge in [0, 0.05) is 12.0 Å². The summed E-state index contributed by atoms with van der Waals surface area (Å²) in [5.74, 6) is -0.265. The van der Waals surface area contributed by atoms with Crippen LogP contribution in [-0.2, 0) is 22.6 Å². The second kappa shape index (κ2) is 8.52. The minimum Gasteiger partial charge on any atom is -0.273 e. The third kappa shape index (κ3) is 4.97. The van der Waals surface area contributed by atoms with Crippen LogP contribution in [0.3, 0.4) is 0 Å². The van der Waals surface area contributed by atoms with E-state index in [0.717, 1.165) is 11.1 Å². The molecule has 8 heteroatoms. The normalized spacial score (nSPS) is 10.3. The highest BCUT2D eigenvalue weighted by Crippen LogP contribution is 2.11. The number of hydrogen-bond donors (Lipinski definition) is 2. The van der Waals surface area contributed by atoms with Crippen molar-refractivity contribution in [3.8, 4) is 11.4 Å². The Bertz CT molecular complexity index is 864. The lowest BCUT2D eigenvalue weighted by atomic mass is 10.1. The van der Waals surface area contributed by atoms with Crippen molar-refractivity contribution < 1.29 is 9.59 Å². The molecule has 0 aliphatic rings. The number of amides is 2. The van der Waals surface area contributed by atoms with Crippen LogP contribution in [0, 0.1) is 0 Å². The van der Waals surface area contributed by atoms with Crippen molar-refractivity contribution in [3.63, 3.8) is 0 Å². The second-order valence-electron chi connectivity index (χ2n) is 5.59. The number of hydrogen-bond acceptors (Lipinski definition) is 5. The van der Waals surface area contributed by atoms with E-state index >= 15 is 0 Å². The van der Waals surface area contributed by atoms with Gasteiger partial charge in [-0.2, -0.15) is 4.80 Å². The summed E-state index contributed by atoms with van der Waals surface area (Å²) in [6.45, 7) is -0.140. The van der Waals surface area contributed by atoms with E-state index < -0.39 is 5.91 Å². The fourth-order valence-electron chi connectivity index (χ4n) is 2.29. The molecule has 3 rings (SSSR count). The Morgan fingerprint density at radius 1 is 0.885 bits per heavy atom. The first-order chi connectivity index (χ1) is 12.7. The lowest BCUT2D eigenvalue weighted by molar-refractivity contribution is -0.129. The molecule has 0 atom stereocenters. The summed E-state index contributed by atoms with van der Waals surface area (Å²) in [5.41, 5.74) is 6.61. The van der Waals surface area contributed by atoms with Crippen LogP contribution in [0.2, 0.25) is 0 Å². The zero-order chi connectivity index (χ0) is 18.2. The van der Waals surface area contributed by atoms with Crippen molar-refractivity contribution in [2.75, 3.05) is 0 Å². The standard InChI is InChI=1S/C18H18N6O2/c25-16(12-11-14-7-3-1-4-8-14)19-20-17(26)13-24-22-18(21-23-24)15-9-5-2-6-10-15/h1-10H,11-13H2,(H,19,25)(H,20,26). The summed E-state index contributed by atoms with van der Waals surface area (Å²) in [6, 6.07) is 19.0. The van der Waals surface area contributed by atoms with E-state index in [4.69, 9.17) is 0 Å². The zero-order valence-corrected chi connectivity index (χ0v) is 14.0. The highest BCUT2D eigenvalue weighted by Gasteiger charge is 2.10. The number of carbonyl (C=O) groups is 2. The molecule has 2 aromatic carbocycles. The number of tetrazole rings is 1. The van der Waals surface area contributed by atoms with Gasteiger partial charge in [-0.25, -0.2) is 0 Å². The largest absolute Gasteiger partial charge is 0.273 e. The Hall–Kier alpha value is -3.55. The third-order valence-electron chi connectivity index (χ3n) is 3.59. The van der Waals surface area contributed by atoms with Crippen molar-refractivity contribution >= 4 is 11.8 Å². The molecule has 3 aromatic rings. The van der Waals surface area contributed by atoms with Gasteiger partial charge in [-0.1, -0.05) is 60.7 Å². The molecule has 2 amide bonds. The Morgan fingerprint density at radius 3 is 2.27 bits per heavy atom. The second-order valence-corrected chi connectivity index (χ2v) is 5.59. The summed E-state index contributed by atoms with van der Waals surface area (Å²) < 4.78 is 0. The third-order valence-corrected chi connectivity index (χ3v) is 3.59. The van der Waals surface area contributed by atoms with Crippen molar-refractivity contribution in [3.05, 3.63) is 66.2 Å². The molecule has 0 aliphatic heterocycles. The van der Waals surface area contributed by atoms with Crippen molar-refractivity contribution in [2.45, 2.75) is 19.4 Å². The molecule has 0 radical (unpaired) electrons. The van der Waals surface area contributed by atoms with Gasteiger partial charge in [0.25, 0.3) is 5.91 Å². The van der Waals surface area contributed by atoms with E-state index in [1.165, 1.54) is 4.80 Å². The van der Waals surface area contributed by atoms with Crippen LogP contribution in [-0.4, -0.2) is 32.0 Å². The molecule has 0 spiro atoms. The van der Waals surface area contributed by atoms with Gasteiger partial charge in [-0.05, 0) is 17.2 Å². The van der Waals surface area contributed by atoms with Crippen LogP contribution >= 0.6 is 0 Å². The van der Waals surface area contributed by atoms with E-state index in [9.17, 15) is 9.59 Å². The molecule has 0 saturated heterocycles. The minimum absolute atomic E-state index is 0.140. The monoisotopic (exact) mass is 350 g/mol. The molecular formula is C18H18N6O2.